The van der Waals surface area contributed by atoms with E-state index in [0.29, 0.717) is 26.3 Å². The maximum absolute atomic E-state index is 12.5. The summed E-state index contributed by atoms with van der Waals surface area (Å²) in [7, 11) is 0. The van der Waals surface area contributed by atoms with Crippen molar-refractivity contribution in [2.45, 2.75) is 33.0 Å². The van der Waals surface area contributed by atoms with Crippen LogP contribution >= 0.6 is 0 Å². The van der Waals surface area contributed by atoms with Gasteiger partial charge < -0.3 is 15.0 Å². The third kappa shape index (κ3) is 3.95. The highest BCUT2D eigenvalue weighted by atomic mass is 16.5. The molecule has 1 heterocycles. The first kappa shape index (κ1) is 16.5. The molecular formula is C20H24N2O2. The lowest BCUT2D eigenvalue weighted by Crippen LogP contribution is -2.42. The smallest absolute Gasteiger partial charge is 0.317 e. The van der Waals surface area contributed by atoms with Crippen molar-refractivity contribution in [1.82, 2.24) is 10.2 Å². The molecule has 0 aromatic heterocycles. The van der Waals surface area contributed by atoms with Crippen molar-refractivity contribution in [3.63, 3.8) is 0 Å². The molecule has 2 aromatic rings. The number of nitrogens with zero attached hydrogens (tertiary/aromatic N) is 1. The molecule has 0 saturated carbocycles. The first-order valence-electron chi connectivity index (χ1n) is 8.52. The quantitative estimate of drug-likeness (QED) is 0.915. The summed E-state index contributed by atoms with van der Waals surface area (Å²) in [5, 5.41) is 3.05. The number of nitrogens with one attached hydrogen (secondary N) is 1. The number of benzene rings is 2. The van der Waals surface area contributed by atoms with E-state index in [-0.39, 0.29) is 6.03 Å². The number of carbonyl (C=O) groups is 1. The molecule has 4 heteroatoms. The summed E-state index contributed by atoms with van der Waals surface area (Å²) in [6.07, 6.45) is 0.921. The van der Waals surface area contributed by atoms with Gasteiger partial charge in [0.15, 0.2) is 0 Å². The normalized spacial score (nSPS) is 13.5. The summed E-state index contributed by atoms with van der Waals surface area (Å²) in [6.45, 7) is 5.23. The Morgan fingerprint density at radius 2 is 1.79 bits per heavy atom. The summed E-state index contributed by atoms with van der Waals surface area (Å²) in [6, 6.07) is 16.4. The first-order chi connectivity index (χ1) is 11.8. The highest BCUT2D eigenvalue weighted by Crippen LogP contribution is 2.18. The van der Waals surface area contributed by atoms with Crippen molar-refractivity contribution in [3.8, 4) is 0 Å². The molecule has 4 nitrogen and oxygen atoms in total. The van der Waals surface area contributed by atoms with Crippen LogP contribution in [0.15, 0.2) is 48.5 Å². The second-order valence-corrected chi connectivity index (χ2v) is 6.00. The van der Waals surface area contributed by atoms with E-state index in [4.69, 9.17) is 4.74 Å². The fourth-order valence-electron chi connectivity index (χ4n) is 3.03. The van der Waals surface area contributed by atoms with E-state index >= 15 is 0 Å². The average molecular weight is 324 g/mol. The highest BCUT2D eigenvalue weighted by Gasteiger charge is 2.20. The lowest BCUT2D eigenvalue weighted by atomic mass is 10.0. The number of hydrogen-bond acceptors (Lipinski definition) is 2. The summed E-state index contributed by atoms with van der Waals surface area (Å²) < 4.78 is 5.50. The third-order valence-corrected chi connectivity index (χ3v) is 4.43. The topological polar surface area (TPSA) is 41.6 Å². The van der Waals surface area contributed by atoms with E-state index in [2.05, 4.69) is 23.5 Å². The Morgan fingerprint density at radius 1 is 1.08 bits per heavy atom. The lowest BCUT2D eigenvalue weighted by Gasteiger charge is -2.29. The molecule has 2 amide bonds. The van der Waals surface area contributed by atoms with Crippen LogP contribution < -0.4 is 5.32 Å². The molecule has 0 fully saturated rings. The van der Waals surface area contributed by atoms with Gasteiger partial charge in [0, 0.05) is 26.2 Å². The van der Waals surface area contributed by atoms with Crippen LogP contribution in [0, 0.1) is 0 Å². The Bertz CT molecular complexity index is 700. The molecule has 0 unspecified atom stereocenters. The Kier molecular flexibility index (Phi) is 5.49. The average Bonchev–Trinajstić information content (AvgIpc) is 2.64. The Labute approximate surface area is 143 Å². The van der Waals surface area contributed by atoms with Gasteiger partial charge in [0.1, 0.15) is 0 Å². The van der Waals surface area contributed by atoms with Gasteiger partial charge in [-0.1, -0.05) is 48.5 Å². The van der Waals surface area contributed by atoms with Crippen molar-refractivity contribution in [1.29, 1.82) is 0 Å². The lowest BCUT2D eigenvalue weighted by molar-refractivity contribution is 0.133. The fraction of sp³-hybridized carbons (Fsp3) is 0.350. The zero-order chi connectivity index (χ0) is 16.8. The first-order valence-corrected chi connectivity index (χ1v) is 8.52. The molecule has 0 bridgehead atoms. The molecule has 126 valence electrons. The van der Waals surface area contributed by atoms with Crippen LogP contribution in [0.1, 0.15) is 29.2 Å². The van der Waals surface area contributed by atoms with Crippen molar-refractivity contribution < 1.29 is 9.53 Å². The fourth-order valence-corrected chi connectivity index (χ4v) is 3.03. The second kappa shape index (κ2) is 7.97. The van der Waals surface area contributed by atoms with Gasteiger partial charge in [-0.15, -0.1) is 0 Å². The standard InChI is InChI=1S/C20H24N2O2/c1-2-24-15-19-10-6-4-8-17(19)13-21-20(23)22-12-11-16-7-3-5-9-18(16)14-22/h3-10H,2,11-15H2,1H3,(H,21,23). The van der Waals surface area contributed by atoms with Gasteiger partial charge in [0.2, 0.25) is 0 Å². The number of rotatable bonds is 5. The summed E-state index contributed by atoms with van der Waals surface area (Å²) in [4.78, 5) is 14.4. The van der Waals surface area contributed by atoms with Gasteiger partial charge in [-0.25, -0.2) is 4.79 Å². The maximum Gasteiger partial charge on any atom is 0.317 e. The summed E-state index contributed by atoms with van der Waals surface area (Å²) >= 11 is 0. The predicted octanol–water partition coefficient (Wildman–Crippen LogP) is 3.49. The number of amides is 2. The van der Waals surface area contributed by atoms with E-state index in [9.17, 15) is 4.79 Å². The van der Waals surface area contributed by atoms with Crippen LogP contribution in [0.2, 0.25) is 0 Å². The minimum Gasteiger partial charge on any atom is -0.377 e. The van der Waals surface area contributed by atoms with E-state index in [0.717, 1.165) is 24.1 Å². The van der Waals surface area contributed by atoms with E-state index in [1.165, 1.54) is 11.1 Å². The second-order valence-electron chi connectivity index (χ2n) is 6.00. The van der Waals surface area contributed by atoms with Crippen LogP contribution in [-0.2, 0) is 30.9 Å². The Morgan fingerprint density at radius 3 is 2.58 bits per heavy atom. The molecule has 1 N–H and O–H groups in total. The Balaban J connectivity index is 1.59. The van der Waals surface area contributed by atoms with E-state index < -0.39 is 0 Å². The predicted molar refractivity (Wildman–Crippen MR) is 94.6 cm³/mol. The van der Waals surface area contributed by atoms with Crippen molar-refractivity contribution in [2.75, 3.05) is 13.2 Å². The molecule has 0 radical (unpaired) electrons. The van der Waals surface area contributed by atoms with Crippen LogP contribution in [0.5, 0.6) is 0 Å². The molecule has 0 atom stereocenters. The van der Waals surface area contributed by atoms with Gasteiger partial charge in [-0.2, -0.15) is 0 Å². The number of hydrogen-bond donors (Lipinski definition) is 1. The van der Waals surface area contributed by atoms with Gasteiger partial charge in [-0.3, -0.25) is 0 Å². The zero-order valence-electron chi connectivity index (χ0n) is 14.1. The molecule has 0 spiro atoms. The monoisotopic (exact) mass is 324 g/mol. The van der Waals surface area contributed by atoms with Gasteiger partial charge in [-0.05, 0) is 35.6 Å². The van der Waals surface area contributed by atoms with Crippen molar-refractivity contribution in [3.05, 3.63) is 70.8 Å². The van der Waals surface area contributed by atoms with Crippen molar-refractivity contribution >= 4 is 6.03 Å². The number of urea groups is 1. The minimum absolute atomic E-state index is 0.00397. The van der Waals surface area contributed by atoms with Gasteiger partial charge in [0.05, 0.1) is 6.61 Å². The summed E-state index contributed by atoms with van der Waals surface area (Å²) in [5.41, 5.74) is 4.83. The molecule has 3 rings (SSSR count). The van der Waals surface area contributed by atoms with E-state index in [1.807, 2.05) is 42.2 Å². The largest absolute Gasteiger partial charge is 0.377 e. The number of fused-ring (bicyclic) bond motifs is 1. The zero-order valence-corrected chi connectivity index (χ0v) is 14.1. The van der Waals surface area contributed by atoms with Crippen LogP contribution in [0.4, 0.5) is 4.79 Å². The maximum atomic E-state index is 12.5. The van der Waals surface area contributed by atoms with Crippen LogP contribution in [0.3, 0.4) is 0 Å². The molecule has 24 heavy (non-hydrogen) atoms. The molecule has 0 saturated heterocycles. The molecule has 1 aliphatic heterocycles. The van der Waals surface area contributed by atoms with Crippen LogP contribution in [-0.4, -0.2) is 24.1 Å². The van der Waals surface area contributed by atoms with Gasteiger partial charge >= 0.3 is 6.03 Å². The summed E-state index contributed by atoms with van der Waals surface area (Å²) in [5.74, 6) is 0. The SMILES string of the molecule is CCOCc1ccccc1CNC(=O)N1CCc2ccccc2C1. The minimum atomic E-state index is -0.00397. The van der Waals surface area contributed by atoms with Crippen LogP contribution in [0.25, 0.3) is 0 Å². The molecule has 2 aromatic carbocycles. The highest BCUT2D eigenvalue weighted by molar-refractivity contribution is 5.74. The molecular weight excluding hydrogens is 300 g/mol. The Hall–Kier alpha value is -2.33. The molecule has 1 aliphatic rings. The number of ether oxygens (including phenoxy) is 1. The van der Waals surface area contributed by atoms with Crippen molar-refractivity contribution in [2.24, 2.45) is 0 Å². The molecule has 0 aliphatic carbocycles. The van der Waals surface area contributed by atoms with E-state index in [1.54, 1.807) is 0 Å². The third-order valence-electron chi connectivity index (χ3n) is 4.43. The number of carbonyl (C=O) groups excluding carboxylic acids is 1. The van der Waals surface area contributed by atoms with Gasteiger partial charge in [0.25, 0.3) is 0 Å².